The van der Waals surface area contributed by atoms with E-state index in [2.05, 4.69) is 0 Å². The lowest BCUT2D eigenvalue weighted by Crippen LogP contribution is -2.09. The van der Waals surface area contributed by atoms with E-state index in [4.69, 9.17) is 18.6 Å². The molecule has 0 aliphatic carbocycles. The van der Waals surface area contributed by atoms with Gasteiger partial charge in [-0.25, -0.2) is 9.59 Å². The minimum atomic E-state index is -0.556. The van der Waals surface area contributed by atoms with Crippen LogP contribution in [0, 0.1) is 13.8 Å². The maximum absolute atomic E-state index is 12.5. The molecule has 0 N–H and O–H groups in total. The molecule has 3 rings (SSSR count). The average molecular weight is 368 g/mol. The third-order valence-corrected chi connectivity index (χ3v) is 4.50. The van der Waals surface area contributed by atoms with Crippen molar-refractivity contribution >= 4 is 16.9 Å². The highest BCUT2D eigenvalue weighted by Gasteiger charge is 2.16. The molecule has 1 heterocycles. The standard InChI is InChI=1S/C21H20O6/c1-12-5-7-16-14(9-19(22)27-20(16)13(12)2)11-26-21(23)17-8-6-15(24-3)10-18(17)25-4/h5-10H,11H2,1-4H3. The van der Waals surface area contributed by atoms with Crippen molar-refractivity contribution in [2.45, 2.75) is 20.5 Å². The summed E-state index contributed by atoms with van der Waals surface area (Å²) < 4.78 is 21.1. The Hall–Kier alpha value is -3.28. The number of fused-ring (bicyclic) bond motifs is 1. The molecule has 0 unspecified atom stereocenters. The number of carbonyl (C=O) groups is 1. The third-order valence-electron chi connectivity index (χ3n) is 4.50. The van der Waals surface area contributed by atoms with Crippen molar-refractivity contribution < 1.29 is 23.4 Å². The number of carbonyl (C=O) groups excluding carboxylic acids is 1. The topological polar surface area (TPSA) is 75.0 Å². The third kappa shape index (κ3) is 3.65. The Morgan fingerprint density at radius 2 is 1.81 bits per heavy atom. The van der Waals surface area contributed by atoms with Crippen LogP contribution in [0.25, 0.3) is 11.0 Å². The molecule has 140 valence electrons. The fourth-order valence-corrected chi connectivity index (χ4v) is 2.83. The van der Waals surface area contributed by atoms with E-state index in [-0.39, 0.29) is 12.2 Å². The predicted molar refractivity (Wildman–Crippen MR) is 101 cm³/mol. The molecule has 0 saturated heterocycles. The minimum absolute atomic E-state index is 0.0569. The van der Waals surface area contributed by atoms with Crippen molar-refractivity contribution in [1.82, 2.24) is 0 Å². The molecule has 0 bridgehead atoms. The molecule has 27 heavy (non-hydrogen) atoms. The lowest BCUT2D eigenvalue weighted by atomic mass is 10.0. The Morgan fingerprint density at radius 1 is 1.04 bits per heavy atom. The van der Waals surface area contributed by atoms with Gasteiger partial charge in [-0.05, 0) is 37.1 Å². The first kappa shape index (κ1) is 18.5. The fraction of sp³-hybridized carbons (Fsp3) is 0.238. The summed E-state index contributed by atoms with van der Waals surface area (Å²) >= 11 is 0. The van der Waals surface area contributed by atoms with Gasteiger partial charge in [0.15, 0.2) is 0 Å². The number of esters is 1. The van der Waals surface area contributed by atoms with E-state index in [9.17, 15) is 9.59 Å². The summed E-state index contributed by atoms with van der Waals surface area (Å²) in [6.07, 6.45) is 0. The van der Waals surface area contributed by atoms with Crippen LogP contribution >= 0.6 is 0 Å². The molecule has 0 amide bonds. The number of methoxy groups -OCH3 is 2. The SMILES string of the molecule is COc1ccc(C(=O)OCc2cc(=O)oc3c(C)c(C)ccc23)c(OC)c1. The van der Waals surface area contributed by atoms with Gasteiger partial charge in [0.25, 0.3) is 0 Å². The number of hydrogen-bond acceptors (Lipinski definition) is 6. The fourth-order valence-electron chi connectivity index (χ4n) is 2.83. The quantitative estimate of drug-likeness (QED) is 0.504. The first-order valence-electron chi connectivity index (χ1n) is 8.36. The van der Waals surface area contributed by atoms with Crippen LogP contribution in [0.2, 0.25) is 0 Å². The summed E-state index contributed by atoms with van der Waals surface area (Å²) in [5.74, 6) is 0.365. The first-order valence-corrected chi connectivity index (χ1v) is 8.36. The van der Waals surface area contributed by atoms with Crippen LogP contribution in [0.5, 0.6) is 11.5 Å². The summed E-state index contributed by atoms with van der Waals surface area (Å²) in [7, 11) is 3.00. The van der Waals surface area contributed by atoms with Crippen molar-refractivity contribution in [3.8, 4) is 11.5 Å². The van der Waals surface area contributed by atoms with E-state index >= 15 is 0 Å². The van der Waals surface area contributed by atoms with E-state index in [0.717, 1.165) is 16.5 Å². The van der Waals surface area contributed by atoms with Crippen molar-refractivity contribution in [2.75, 3.05) is 14.2 Å². The van der Waals surface area contributed by atoms with Crippen LogP contribution in [0.15, 0.2) is 45.6 Å². The average Bonchev–Trinajstić information content (AvgIpc) is 2.68. The van der Waals surface area contributed by atoms with E-state index < -0.39 is 11.6 Å². The second-order valence-electron chi connectivity index (χ2n) is 6.12. The van der Waals surface area contributed by atoms with Gasteiger partial charge < -0.3 is 18.6 Å². The molecule has 0 aliphatic heterocycles. The lowest BCUT2D eigenvalue weighted by molar-refractivity contribution is 0.0470. The van der Waals surface area contributed by atoms with Crippen molar-refractivity contribution in [1.29, 1.82) is 0 Å². The van der Waals surface area contributed by atoms with E-state index in [0.29, 0.717) is 22.6 Å². The summed E-state index contributed by atoms with van der Waals surface area (Å²) in [5, 5.41) is 0.743. The summed E-state index contributed by atoms with van der Waals surface area (Å²) in [5.41, 5.74) is 2.79. The van der Waals surface area contributed by atoms with Crippen molar-refractivity contribution in [2.24, 2.45) is 0 Å². The Balaban J connectivity index is 1.90. The molecular weight excluding hydrogens is 348 g/mol. The van der Waals surface area contributed by atoms with Gasteiger partial charge in [0.1, 0.15) is 29.3 Å². The molecule has 0 aliphatic rings. The zero-order chi connectivity index (χ0) is 19.6. The van der Waals surface area contributed by atoms with Crippen LogP contribution < -0.4 is 15.1 Å². The zero-order valence-corrected chi connectivity index (χ0v) is 15.6. The monoisotopic (exact) mass is 368 g/mol. The van der Waals surface area contributed by atoms with Gasteiger partial charge in [-0.2, -0.15) is 0 Å². The van der Waals surface area contributed by atoms with Gasteiger partial charge in [-0.1, -0.05) is 12.1 Å². The highest BCUT2D eigenvalue weighted by atomic mass is 16.5. The van der Waals surface area contributed by atoms with Crippen LogP contribution in [-0.2, 0) is 11.3 Å². The zero-order valence-electron chi connectivity index (χ0n) is 15.6. The summed E-state index contributed by atoms with van der Waals surface area (Å²) in [6.45, 7) is 3.77. The molecule has 1 aromatic heterocycles. The van der Waals surface area contributed by atoms with Crippen LogP contribution in [0.3, 0.4) is 0 Å². The molecule has 6 heteroatoms. The highest BCUT2D eigenvalue weighted by Crippen LogP contribution is 2.27. The molecule has 0 fully saturated rings. The van der Waals surface area contributed by atoms with Gasteiger partial charge in [0.2, 0.25) is 0 Å². The smallest absolute Gasteiger partial charge is 0.342 e. The molecule has 0 radical (unpaired) electrons. The Bertz CT molecular complexity index is 1060. The van der Waals surface area contributed by atoms with Gasteiger partial charge in [-0.15, -0.1) is 0 Å². The van der Waals surface area contributed by atoms with Crippen LogP contribution in [0.1, 0.15) is 27.0 Å². The van der Waals surface area contributed by atoms with Gasteiger partial charge >= 0.3 is 11.6 Å². The van der Waals surface area contributed by atoms with Crippen LogP contribution in [0.4, 0.5) is 0 Å². The number of aryl methyl sites for hydroxylation is 2. The Labute approximate surface area is 156 Å². The molecule has 3 aromatic rings. The summed E-state index contributed by atoms with van der Waals surface area (Å²) in [4.78, 5) is 24.4. The van der Waals surface area contributed by atoms with Crippen molar-refractivity contribution in [3.05, 3.63) is 69.1 Å². The van der Waals surface area contributed by atoms with Gasteiger partial charge in [0, 0.05) is 23.1 Å². The Morgan fingerprint density at radius 3 is 2.52 bits per heavy atom. The van der Waals surface area contributed by atoms with Gasteiger partial charge in [-0.3, -0.25) is 0 Å². The van der Waals surface area contributed by atoms with E-state index in [1.54, 1.807) is 18.2 Å². The van der Waals surface area contributed by atoms with Crippen molar-refractivity contribution in [3.63, 3.8) is 0 Å². The molecule has 2 aromatic carbocycles. The molecule has 0 saturated carbocycles. The second-order valence-corrected chi connectivity index (χ2v) is 6.12. The maximum Gasteiger partial charge on any atom is 0.342 e. The first-order chi connectivity index (χ1) is 12.9. The van der Waals surface area contributed by atoms with E-state index in [1.807, 2.05) is 26.0 Å². The largest absolute Gasteiger partial charge is 0.497 e. The normalized spacial score (nSPS) is 10.7. The minimum Gasteiger partial charge on any atom is -0.497 e. The lowest BCUT2D eigenvalue weighted by Gasteiger charge is -2.12. The number of hydrogen-bond donors (Lipinski definition) is 0. The second kappa shape index (κ2) is 7.53. The number of rotatable bonds is 5. The highest BCUT2D eigenvalue weighted by molar-refractivity contribution is 5.93. The summed E-state index contributed by atoms with van der Waals surface area (Å²) in [6, 6.07) is 9.97. The number of benzene rings is 2. The molecular formula is C21H20O6. The van der Waals surface area contributed by atoms with E-state index in [1.165, 1.54) is 20.3 Å². The predicted octanol–water partition coefficient (Wildman–Crippen LogP) is 3.78. The maximum atomic E-state index is 12.5. The molecule has 0 spiro atoms. The van der Waals surface area contributed by atoms with Gasteiger partial charge in [0.05, 0.1) is 14.2 Å². The molecule has 6 nitrogen and oxygen atoms in total. The Kier molecular flexibility index (Phi) is 5.16. The van der Waals surface area contributed by atoms with Crippen LogP contribution in [-0.4, -0.2) is 20.2 Å². The molecule has 0 atom stereocenters. The number of ether oxygens (including phenoxy) is 3.